The van der Waals surface area contributed by atoms with E-state index in [1.165, 1.54) is 13.0 Å². The molecule has 0 heterocycles. The van der Waals surface area contributed by atoms with E-state index in [0.29, 0.717) is 15.7 Å². The Bertz CT molecular complexity index is 497. The van der Waals surface area contributed by atoms with Crippen molar-refractivity contribution in [2.24, 2.45) is 10.2 Å². The molecule has 0 aliphatic carbocycles. The Morgan fingerprint density at radius 1 is 1.25 bits per heavy atom. The normalized spacial score (nSPS) is 11.1. The standard InChI is InChI=1S/C10H6Cl2N4/c1-10(5-13,6-14)16-15-9-3-2-7(11)4-8(9)12/h2-4H,1H3. The molecule has 0 aliphatic heterocycles. The average Bonchev–Trinajstić information content (AvgIpc) is 2.27. The highest BCUT2D eigenvalue weighted by atomic mass is 35.5. The first-order valence-corrected chi connectivity index (χ1v) is 4.97. The maximum atomic E-state index is 8.70. The van der Waals surface area contributed by atoms with Crippen LogP contribution in [0.15, 0.2) is 28.4 Å². The molecule has 16 heavy (non-hydrogen) atoms. The summed E-state index contributed by atoms with van der Waals surface area (Å²) in [5, 5.41) is 25.6. The Morgan fingerprint density at radius 2 is 1.88 bits per heavy atom. The van der Waals surface area contributed by atoms with E-state index in [4.69, 9.17) is 33.7 Å². The SMILES string of the molecule is CC(C#N)(C#N)N=Nc1ccc(Cl)cc1Cl. The molecule has 0 fully saturated rings. The summed E-state index contributed by atoms with van der Waals surface area (Å²) in [7, 11) is 0. The van der Waals surface area contributed by atoms with E-state index in [-0.39, 0.29) is 0 Å². The van der Waals surface area contributed by atoms with Gasteiger partial charge in [0.1, 0.15) is 17.8 Å². The minimum Gasteiger partial charge on any atom is -0.194 e. The minimum absolute atomic E-state index is 0.314. The van der Waals surface area contributed by atoms with Crippen LogP contribution in [-0.4, -0.2) is 5.54 Å². The summed E-state index contributed by atoms with van der Waals surface area (Å²) in [5.41, 5.74) is -1.13. The molecule has 1 rings (SSSR count). The van der Waals surface area contributed by atoms with Crippen molar-refractivity contribution in [3.8, 4) is 12.1 Å². The summed E-state index contributed by atoms with van der Waals surface area (Å²) in [4.78, 5) is 0. The fraction of sp³-hybridized carbons (Fsp3) is 0.200. The van der Waals surface area contributed by atoms with Crippen LogP contribution in [0.1, 0.15) is 6.92 Å². The molecule has 0 amide bonds. The second-order valence-corrected chi connectivity index (χ2v) is 3.94. The first-order valence-electron chi connectivity index (χ1n) is 4.21. The van der Waals surface area contributed by atoms with Gasteiger partial charge in [-0.3, -0.25) is 0 Å². The monoisotopic (exact) mass is 252 g/mol. The molecule has 0 unspecified atom stereocenters. The van der Waals surface area contributed by atoms with Gasteiger partial charge in [0.15, 0.2) is 0 Å². The summed E-state index contributed by atoms with van der Waals surface area (Å²) in [6.45, 7) is 1.36. The van der Waals surface area contributed by atoms with Gasteiger partial charge in [0.25, 0.3) is 0 Å². The topological polar surface area (TPSA) is 72.3 Å². The van der Waals surface area contributed by atoms with Crippen LogP contribution in [0.3, 0.4) is 0 Å². The molecule has 6 heteroatoms. The zero-order valence-corrected chi connectivity index (χ0v) is 9.79. The first kappa shape index (κ1) is 12.4. The van der Waals surface area contributed by atoms with E-state index in [0.717, 1.165) is 0 Å². The van der Waals surface area contributed by atoms with Crippen LogP contribution in [0.5, 0.6) is 0 Å². The number of hydrogen-bond donors (Lipinski definition) is 0. The predicted octanol–water partition coefficient (Wildman–Crippen LogP) is 3.88. The number of nitriles is 2. The molecule has 1 aromatic rings. The van der Waals surface area contributed by atoms with Gasteiger partial charge in [-0.1, -0.05) is 23.2 Å². The Hall–Kier alpha value is -1.62. The van der Waals surface area contributed by atoms with E-state index in [1.807, 2.05) is 0 Å². The molecule has 0 aromatic heterocycles. The maximum Gasteiger partial charge on any atom is 0.249 e. The molecule has 1 aromatic carbocycles. The van der Waals surface area contributed by atoms with E-state index in [9.17, 15) is 0 Å². The van der Waals surface area contributed by atoms with Crippen molar-refractivity contribution >= 4 is 28.9 Å². The third-order valence-electron chi connectivity index (χ3n) is 1.70. The van der Waals surface area contributed by atoms with Crippen molar-refractivity contribution in [2.45, 2.75) is 12.5 Å². The third kappa shape index (κ3) is 2.93. The first-order chi connectivity index (χ1) is 7.50. The molecule has 4 nitrogen and oxygen atoms in total. The van der Waals surface area contributed by atoms with Crippen LogP contribution in [0.4, 0.5) is 5.69 Å². The Morgan fingerprint density at radius 3 is 2.38 bits per heavy atom. The molecule has 0 radical (unpaired) electrons. The van der Waals surface area contributed by atoms with Crippen LogP contribution >= 0.6 is 23.2 Å². The fourth-order valence-corrected chi connectivity index (χ4v) is 1.23. The molecule has 0 N–H and O–H groups in total. The predicted molar refractivity (Wildman–Crippen MR) is 60.6 cm³/mol. The van der Waals surface area contributed by atoms with Crippen LogP contribution in [0.25, 0.3) is 0 Å². The highest BCUT2D eigenvalue weighted by molar-refractivity contribution is 6.36. The smallest absolute Gasteiger partial charge is 0.194 e. The van der Waals surface area contributed by atoms with Gasteiger partial charge in [-0.05, 0) is 25.1 Å². The summed E-state index contributed by atoms with van der Waals surface area (Å²) in [5.74, 6) is 0. The zero-order valence-electron chi connectivity index (χ0n) is 8.28. The summed E-state index contributed by atoms with van der Waals surface area (Å²) < 4.78 is 0. The number of benzene rings is 1. The molecular weight excluding hydrogens is 247 g/mol. The molecule has 0 spiro atoms. The van der Waals surface area contributed by atoms with E-state index in [1.54, 1.807) is 24.3 Å². The average molecular weight is 253 g/mol. The van der Waals surface area contributed by atoms with E-state index in [2.05, 4.69) is 10.2 Å². The van der Waals surface area contributed by atoms with Crippen molar-refractivity contribution in [1.82, 2.24) is 0 Å². The highest BCUT2D eigenvalue weighted by Gasteiger charge is 2.22. The van der Waals surface area contributed by atoms with E-state index < -0.39 is 5.54 Å². The summed E-state index contributed by atoms with van der Waals surface area (Å²) in [6.07, 6.45) is 0. The fourth-order valence-electron chi connectivity index (χ4n) is 0.786. The molecule has 0 atom stereocenters. The zero-order chi connectivity index (χ0) is 12.2. The van der Waals surface area contributed by atoms with Gasteiger partial charge in [0, 0.05) is 5.02 Å². The second-order valence-electron chi connectivity index (χ2n) is 3.09. The van der Waals surface area contributed by atoms with Gasteiger partial charge >= 0.3 is 0 Å². The molecule has 0 bridgehead atoms. The van der Waals surface area contributed by atoms with Crippen LogP contribution in [0.2, 0.25) is 10.0 Å². The molecule has 80 valence electrons. The Labute approximate surface area is 103 Å². The lowest BCUT2D eigenvalue weighted by molar-refractivity contribution is 0.720. The molecular formula is C10H6Cl2N4. The molecule has 0 saturated heterocycles. The Kier molecular flexibility index (Phi) is 3.84. The largest absolute Gasteiger partial charge is 0.249 e. The van der Waals surface area contributed by atoms with Crippen LogP contribution in [0, 0.1) is 22.7 Å². The van der Waals surface area contributed by atoms with Gasteiger partial charge in [-0.25, -0.2) is 0 Å². The van der Waals surface area contributed by atoms with Gasteiger partial charge in [0.2, 0.25) is 5.54 Å². The summed E-state index contributed by atoms with van der Waals surface area (Å²) >= 11 is 11.5. The number of hydrogen-bond acceptors (Lipinski definition) is 4. The number of azo groups is 1. The Balaban J connectivity index is 3.03. The van der Waals surface area contributed by atoms with Crippen LogP contribution < -0.4 is 0 Å². The van der Waals surface area contributed by atoms with Gasteiger partial charge in [-0.15, -0.1) is 0 Å². The second kappa shape index (κ2) is 4.94. The lowest BCUT2D eigenvalue weighted by Crippen LogP contribution is -2.14. The van der Waals surface area contributed by atoms with Crippen molar-refractivity contribution in [3.05, 3.63) is 28.2 Å². The number of halogens is 2. The number of rotatable bonds is 2. The maximum absolute atomic E-state index is 8.70. The van der Waals surface area contributed by atoms with Crippen LogP contribution in [-0.2, 0) is 0 Å². The van der Waals surface area contributed by atoms with Gasteiger partial charge in [0.05, 0.1) is 5.02 Å². The van der Waals surface area contributed by atoms with Crippen molar-refractivity contribution in [3.63, 3.8) is 0 Å². The lowest BCUT2D eigenvalue weighted by Gasteiger charge is -2.03. The molecule has 0 aliphatic rings. The van der Waals surface area contributed by atoms with Crippen molar-refractivity contribution in [1.29, 1.82) is 10.5 Å². The summed E-state index contributed by atoms with van der Waals surface area (Å²) in [6, 6.07) is 8.14. The number of nitrogens with zero attached hydrogens (tertiary/aromatic N) is 4. The van der Waals surface area contributed by atoms with Gasteiger partial charge in [-0.2, -0.15) is 20.8 Å². The van der Waals surface area contributed by atoms with Gasteiger partial charge < -0.3 is 0 Å². The van der Waals surface area contributed by atoms with Crippen molar-refractivity contribution < 1.29 is 0 Å². The van der Waals surface area contributed by atoms with Crippen molar-refractivity contribution in [2.75, 3.05) is 0 Å². The molecule has 0 saturated carbocycles. The minimum atomic E-state index is -1.50. The lowest BCUT2D eigenvalue weighted by atomic mass is 10.1. The highest BCUT2D eigenvalue weighted by Crippen LogP contribution is 2.28. The van der Waals surface area contributed by atoms with E-state index >= 15 is 0 Å². The third-order valence-corrected chi connectivity index (χ3v) is 2.24. The quantitative estimate of drug-likeness (QED) is 0.750.